The molecule has 0 aliphatic carbocycles. The molecule has 8 heteroatoms. The van der Waals surface area contributed by atoms with Gasteiger partial charge in [-0.15, -0.1) is 0 Å². The third kappa shape index (κ3) is 4.90. The summed E-state index contributed by atoms with van der Waals surface area (Å²) in [5.41, 5.74) is 1.49. The van der Waals surface area contributed by atoms with Gasteiger partial charge in [0.2, 0.25) is 0 Å². The number of carbonyl (C=O) groups excluding carboxylic acids is 2. The predicted octanol–water partition coefficient (Wildman–Crippen LogP) is 4.11. The summed E-state index contributed by atoms with van der Waals surface area (Å²) in [4.78, 5) is 24.7. The number of rotatable bonds is 8. The first-order valence-electron chi connectivity index (χ1n) is 9.34. The van der Waals surface area contributed by atoms with Gasteiger partial charge in [-0.05, 0) is 44.9 Å². The second-order valence-corrected chi connectivity index (χ2v) is 7.00. The number of urea groups is 1. The van der Waals surface area contributed by atoms with Gasteiger partial charge in [-0.1, -0.05) is 24.9 Å². The van der Waals surface area contributed by atoms with E-state index in [-0.39, 0.29) is 6.10 Å². The molecule has 154 valence electrons. The minimum atomic E-state index is -0.715. The second-order valence-electron chi connectivity index (χ2n) is 6.59. The molecule has 0 saturated heterocycles. The number of hydrogen-bond acceptors (Lipinski definition) is 5. The number of halogens is 1. The molecule has 1 aromatic carbocycles. The molecule has 1 heterocycles. The van der Waals surface area contributed by atoms with E-state index in [0.29, 0.717) is 46.4 Å². The van der Waals surface area contributed by atoms with Crippen LogP contribution in [0.5, 0.6) is 11.5 Å². The van der Waals surface area contributed by atoms with Gasteiger partial charge in [0.15, 0.2) is 11.5 Å². The lowest BCUT2D eigenvalue weighted by atomic mass is 9.93. The summed E-state index contributed by atoms with van der Waals surface area (Å²) in [7, 11) is 1.31. The molecule has 2 N–H and O–H groups in total. The van der Waals surface area contributed by atoms with Gasteiger partial charge in [0.1, 0.15) is 0 Å². The molecule has 1 aromatic rings. The second kappa shape index (κ2) is 9.68. The Balaban J connectivity index is 2.60. The summed E-state index contributed by atoms with van der Waals surface area (Å²) in [6, 6.07) is 2.30. The molecule has 0 fully saturated rings. The van der Waals surface area contributed by atoms with Crippen molar-refractivity contribution in [2.24, 2.45) is 0 Å². The smallest absolute Gasteiger partial charge is 0.337 e. The number of amides is 2. The first-order chi connectivity index (χ1) is 13.3. The Morgan fingerprint density at radius 3 is 2.57 bits per heavy atom. The van der Waals surface area contributed by atoms with Crippen LogP contribution < -0.4 is 20.1 Å². The van der Waals surface area contributed by atoms with E-state index < -0.39 is 18.0 Å². The molecular formula is C20H27ClN2O5. The highest BCUT2D eigenvalue weighted by atomic mass is 35.5. The number of methoxy groups -OCH3 is 1. The van der Waals surface area contributed by atoms with Gasteiger partial charge in [0, 0.05) is 5.70 Å². The molecule has 0 aromatic heterocycles. The van der Waals surface area contributed by atoms with Gasteiger partial charge in [-0.2, -0.15) is 0 Å². The van der Waals surface area contributed by atoms with Crippen molar-refractivity contribution >= 4 is 23.6 Å². The standard InChI is InChI=1S/C20H27ClN2O5/c1-6-8-14-16(19(24)26-5)17(23-20(25)22-14)12-9-13(21)18(28-11(3)4)15(10-12)27-7-2/h9-11,17H,6-8H2,1-5H3,(H2,22,23,25). The molecule has 1 atom stereocenters. The molecule has 0 radical (unpaired) electrons. The summed E-state index contributed by atoms with van der Waals surface area (Å²) >= 11 is 6.46. The van der Waals surface area contributed by atoms with Crippen molar-refractivity contribution in [1.82, 2.24) is 10.6 Å². The molecule has 1 unspecified atom stereocenters. The fourth-order valence-corrected chi connectivity index (χ4v) is 3.30. The Hall–Kier alpha value is -2.41. The van der Waals surface area contributed by atoms with E-state index in [2.05, 4.69) is 10.6 Å². The topological polar surface area (TPSA) is 85.9 Å². The van der Waals surface area contributed by atoms with E-state index in [1.165, 1.54) is 7.11 Å². The Kier molecular flexibility index (Phi) is 7.57. The van der Waals surface area contributed by atoms with Crippen LogP contribution in [-0.4, -0.2) is 31.8 Å². The van der Waals surface area contributed by atoms with Gasteiger partial charge < -0.3 is 24.8 Å². The normalized spacial score (nSPS) is 16.5. The molecule has 0 bridgehead atoms. The Morgan fingerprint density at radius 2 is 2.00 bits per heavy atom. The van der Waals surface area contributed by atoms with Crippen LogP contribution in [-0.2, 0) is 9.53 Å². The SMILES string of the molecule is CCCC1=C(C(=O)OC)C(c2cc(Cl)c(OC(C)C)c(OCC)c2)NC(=O)N1. The lowest BCUT2D eigenvalue weighted by Crippen LogP contribution is -2.45. The zero-order valence-electron chi connectivity index (χ0n) is 16.8. The van der Waals surface area contributed by atoms with Crippen molar-refractivity contribution in [1.29, 1.82) is 0 Å². The van der Waals surface area contributed by atoms with Crippen LogP contribution >= 0.6 is 11.6 Å². The van der Waals surface area contributed by atoms with Crippen LogP contribution in [0.25, 0.3) is 0 Å². The number of ether oxygens (including phenoxy) is 3. The summed E-state index contributed by atoms with van der Waals surface area (Å²) in [6.45, 7) is 8.01. The number of allylic oxidation sites excluding steroid dienone is 1. The van der Waals surface area contributed by atoms with Gasteiger partial charge in [0.25, 0.3) is 0 Å². The minimum Gasteiger partial charge on any atom is -0.490 e. The van der Waals surface area contributed by atoms with E-state index in [1.54, 1.807) is 12.1 Å². The van der Waals surface area contributed by atoms with Gasteiger partial charge in [-0.3, -0.25) is 0 Å². The van der Waals surface area contributed by atoms with E-state index in [0.717, 1.165) is 6.42 Å². The molecule has 28 heavy (non-hydrogen) atoms. The summed E-state index contributed by atoms with van der Waals surface area (Å²) in [5.74, 6) is 0.366. The van der Waals surface area contributed by atoms with Crippen LogP contribution in [0, 0.1) is 0 Å². The molecule has 0 saturated carbocycles. The molecular weight excluding hydrogens is 384 g/mol. The zero-order chi connectivity index (χ0) is 20.8. The van der Waals surface area contributed by atoms with Crippen LogP contribution in [0.3, 0.4) is 0 Å². The molecule has 7 nitrogen and oxygen atoms in total. The van der Waals surface area contributed by atoms with Gasteiger partial charge in [-0.25, -0.2) is 9.59 Å². The minimum absolute atomic E-state index is 0.0946. The lowest BCUT2D eigenvalue weighted by molar-refractivity contribution is -0.136. The number of esters is 1. The molecule has 1 aliphatic rings. The first kappa shape index (κ1) is 21.9. The number of nitrogens with one attached hydrogen (secondary N) is 2. The Labute approximate surface area is 170 Å². The predicted molar refractivity (Wildman–Crippen MR) is 107 cm³/mol. The monoisotopic (exact) mass is 410 g/mol. The van der Waals surface area contributed by atoms with E-state index in [9.17, 15) is 9.59 Å². The number of benzene rings is 1. The van der Waals surface area contributed by atoms with Gasteiger partial charge >= 0.3 is 12.0 Å². The zero-order valence-corrected chi connectivity index (χ0v) is 17.6. The number of carbonyl (C=O) groups is 2. The largest absolute Gasteiger partial charge is 0.490 e. The van der Waals surface area contributed by atoms with E-state index >= 15 is 0 Å². The molecule has 1 aliphatic heterocycles. The molecule has 2 rings (SSSR count). The maximum Gasteiger partial charge on any atom is 0.337 e. The Morgan fingerprint density at radius 1 is 1.29 bits per heavy atom. The third-order valence-corrected chi connectivity index (χ3v) is 4.36. The highest BCUT2D eigenvalue weighted by Crippen LogP contribution is 2.41. The average molecular weight is 411 g/mol. The average Bonchev–Trinajstić information content (AvgIpc) is 2.63. The Bertz CT molecular complexity index is 776. The van der Waals surface area contributed by atoms with Crippen LogP contribution in [0.1, 0.15) is 52.1 Å². The molecule has 2 amide bonds. The van der Waals surface area contributed by atoms with Crippen LogP contribution in [0.2, 0.25) is 5.02 Å². The highest BCUT2D eigenvalue weighted by Gasteiger charge is 2.34. The maximum absolute atomic E-state index is 12.5. The third-order valence-electron chi connectivity index (χ3n) is 4.08. The van der Waals surface area contributed by atoms with Gasteiger partial charge in [0.05, 0.1) is 36.5 Å². The van der Waals surface area contributed by atoms with Crippen molar-refractivity contribution in [2.75, 3.05) is 13.7 Å². The van der Waals surface area contributed by atoms with Crippen LogP contribution in [0.4, 0.5) is 4.79 Å². The summed E-state index contributed by atoms with van der Waals surface area (Å²) < 4.78 is 16.5. The fourth-order valence-electron chi connectivity index (χ4n) is 3.03. The van der Waals surface area contributed by atoms with Crippen LogP contribution in [0.15, 0.2) is 23.4 Å². The summed E-state index contributed by atoms with van der Waals surface area (Å²) in [6.07, 6.45) is 1.20. The fraction of sp³-hybridized carbons (Fsp3) is 0.500. The van der Waals surface area contributed by atoms with Crippen molar-refractivity contribution in [2.45, 2.75) is 52.7 Å². The van der Waals surface area contributed by atoms with Crippen molar-refractivity contribution in [3.05, 3.63) is 34.0 Å². The quantitative estimate of drug-likeness (QED) is 0.630. The number of hydrogen-bond donors (Lipinski definition) is 2. The highest BCUT2D eigenvalue weighted by molar-refractivity contribution is 6.32. The maximum atomic E-state index is 12.5. The lowest BCUT2D eigenvalue weighted by Gasteiger charge is -2.30. The van der Waals surface area contributed by atoms with Crippen molar-refractivity contribution in [3.63, 3.8) is 0 Å². The van der Waals surface area contributed by atoms with E-state index in [1.807, 2.05) is 27.7 Å². The molecule has 0 spiro atoms. The summed E-state index contributed by atoms with van der Waals surface area (Å²) in [5, 5.41) is 5.83. The first-order valence-corrected chi connectivity index (χ1v) is 9.71. The van der Waals surface area contributed by atoms with Crippen molar-refractivity contribution in [3.8, 4) is 11.5 Å². The van der Waals surface area contributed by atoms with Crippen molar-refractivity contribution < 1.29 is 23.8 Å². The van der Waals surface area contributed by atoms with E-state index in [4.69, 9.17) is 25.8 Å².